The molecule has 1 aliphatic rings. The minimum Gasteiger partial charge on any atom is -0.377 e. The van der Waals surface area contributed by atoms with Gasteiger partial charge in [-0.3, -0.25) is 4.79 Å². The molecule has 1 heterocycles. The lowest BCUT2D eigenvalue weighted by Crippen LogP contribution is -2.34. The van der Waals surface area contributed by atoms with Crippen LogP contribution in [0.3, 0.4) is 0 Å². The molecule has 1 unspecified atom stereocenters. The van der Waals surface area contributed by atoms with Gasteiger partial charge in [-0.15, -0.1) is 11.8 Å². The van der Waals surface area contributed by atoms with E-state index in [1.807, 2.05) is 13.8 Å². The van der Waals surface area contributed by atoms with Crippen LogP contribution in [-0.4, -0.2) is 49.3 Å². The standard InChI is InChI=1S/C12H24N2O2S/c1-3-16-10(2)8-14-12(15)9-17-11-4-6-13-7-5-11/h10-11,13H,3-9H2,1-2H3,(H,14,15). The second kappa shape index (κ2) is 8.78. The van der Waals surface area contributed by atoms with Gasteiger partial charge in [-0.1, -0.05) is 0 Å². The highest BCUT2D eigenvalue weighted by Crippen LogP contribution is 2.19. The molecule has 0 bridgehead atoms. The zero-order valence-corrected chi connectivity index (χ0v) is 11.6. The molecule has 1 saturated heterocycles. The van der Waals surface area contributed by atoms with E-state index >= 15 is 0 Å². The maximum atomic E-state index is 11.6. The maximum Gasteiger partial charge on any atom is 0.230 e. The summed E-state index contributed by atoms with van der Waals surface area (Å²) < 4.78 is 5.36. The molecular weight excluding hydrogens is 236 g/mol. The Labute approximate surface area is 108 Å². The van der Waals surface area contributed by atoms with E-state index in [-0.39, 0.29) is 12.0 Å². The molecule has 0 saturated carbocycles. The third kappa shape index (κ3) is 6.91. The van der Waals surface area contributed by atoms with Gasteiger partial charge >= 0.3 is 0 Å². The van der Waals surface area contributed by atoms with Crippen LogP contribution < -0.4 is 10.6 Å². The van der Waals surface area contributed by atoms with E-state index in [0.29, 0.717) is 24.2 Å². The van der Waals surface area contributed by atoms with E-state index < -0.39 is 0 Å². The Morgan fingerprint density at radius 2 is 2.24 bits per heavy atom. The first kappa shape index (κ1) is 14.8. The van der Waals surface area contributed by atoms with Gasteiger partial charge in [0.25, 0.3) is 0 Å². The summed E-state index contributed by atoms with van der Waals surface area (Å²) in [6.07, 6.45) is 2.45. The van der Waals surface area contributed by atoms with Gasteiger partial charge in [0.2, 0.25) is 5.91 Å². The second-order valence-electron chi connectivity index (χ2n) is 4.33. The fourth-order valence-corrected chi connectivity index (χ4v) is 2.87. The molecule has 1 aliphatic heterocycles. The monoisotopic (exact) mass is 260 g/mol. The van der Waals surface area contributed by atoms with Crippen LogP contribution >= 0.6 is 11.8 Å². The number of amides is 1. The highest BCUT2D eigenvalue weighted by Gasteiger charge is 2.15. The summed E-state index contributed by atoms with van der Waals surface area (Å²) in [6.45, 7) is 7.41. The highest BCUT2D eigenvalue weighted by atomic mass is 32.2. The van der Waals surface area contributed by atoms with Crippen molar-refractivity contribution in [3.8, 4) is 0 Å². The number of ether oxygens (including phenoxy) is 1. The lowest BCUT2D eigenvalue weighted by Gasteiger charge is -2.21. The van der Waals surface area contributed by atoms with Crippen molar-refractivity contribution in [3.05, 3.63) is 0 Å². The van der Waals surface area contributed by atoms with Crippen LogP contribution in [-0.2, 0) is 9.53 Å². The molecule has 2 N–H and O–H groups in total. The Hall–Kier alpha value is -0.260. The Morgan fingerprint density at radius 3 is 2.88 bits per heavy atom. The summed E-state index contributed by atoms with van der Waals surface area (Å²) in [7, 11) is 0. The Kier molecular flexibility index (Phi) is 7.64. The first-order chi connectivity index (χ1) is 8.22. The van der Waals surface area contributed by atoms with Crippen molar-refractivity contribution >= 4 is 17.7 Å². The summed E-state index contributed by atoms with van der Waals surface area (Å²) in [4.78, 5) is 11.6. The number of piperidine rings is 1. The molecule has 0 radical (unpaired) electrons. The van der Waals surface area contributed by atoms with Crippen molar-refractivity contribution in [1.29, 1.82) is 0 Å². The molecule has 100 valence electrons. The summed E-state index contributed by atoms with van der Waals surface area (Å²) >= 11 is 1.78. The van der Waals surface area contributed by atoms with Crippen LogP contribution in [0.1, 0.15) is 26.7 Å². The van der Waals surface area contributed by atoms with Gasteiger partial charge in [-0.05, 0) is 39.8 Å². The van der Waals surface area contributed by atoms with E-state index in [1.54, 1.807) is 11.8 Å². The Balaban J connectivity index is 2.04. The number of hydrogen-bond acceptors (Lipinski definition) is 4. The van der Waals surface area contributed by atoms with Gasteiger partial charge in [0.1, 0.15) is 0 Å². The molecule has 0 aromatic rings. The van der Waals surface area contributed by atoms with E-state index in [4.69, 9.17) is 4.74 Å². The molecule has 0 spiro atoms. The van der Waals surface area contributed by atoms with Crippen LogP contribution in [0.5, 0.6) is 0 Å². The first-order valence-electron chi connectivity index (χ1n) is 6.43. The molecule has 1 atom stereocenters. The Bertz CT molecular complexity index is 221. The Morgan fingerprint density at radius 1 is 1.53 bits per heavy atom. The lowest BCUT2D eigenvalue weighted by molar-refractivity contribution is -0.119. The smallest absolute Gasteiger partial charge is 0.230 e. The van der Waals surface area contributed by atoms with E-state index in [2.05, 4.69) is 10.6 Å². The molecule has 0 aromatic carbocycles. The van der Waals surface area contributed by atoms with Gasteiger partial charge in [0.15, 0.2) is 0 Å². The van der Waals surface area contributed by atoms with Crippen molar-refractivity contribution in [2.75, 3.05) is 32.0 Å². The van der Waals surface area contributed by atoms with Crippen LogP contribution in [0.2, 0.25) is 0 Å². The van der Waals surface area contributed by atoms with Gasteiger partial charge in [-0.25, -0.2) is 0 Å². The summed E-state index contributed by atoms with van der Waals surface area (Å²) in [6, 6.07) is 0. The maximum absolute atomic E-state index is 11.6. The molecule has 1 rings (SSSR count). The largest absolute Gasteiger partial charge is 0.377 e. The second-order valence-corrected chi connectivity index (χ2v) is 5.62. The van der Waals surface area contributed by atoms with Crippen molar-refractivity contribution in [2.24, 2.45) is 0 Å². The zero-order valence-electron chi connectivity index (χ0n) is 10.8. The van der Waals surface area contributed by atoms with Crippen LogP contribution in [0.15, 0.2) is 0 Å². The molecule has 0 aliphatic carbocycles. The minimum absolute atomic E-state index is 0.104. The molecule has 17 heavy (non-hydrogen) atoms. The van der Waals surface area contributed by atoms with Crippen molar-refractivity contribution < 1.29 is 9.53 Å². The van der Waals surface area contributed by atoms with Gasteiger partial charge in [0, 0.05) is 18.4 Å². The van der Waals surface area contributed by atoms with E-state index in [1.165, 1.54) is 12.8 Å². The third-order valence-corrected chi connectivity index (χ3v) is 4.15. The summed E-state index contributed by atoms with van der Waals surface area (Å²) in [5, 5.41) is 6.88. The number of rotatable bonds is 7. The number of carbonyl (C=O) groups is 1. The molecular formula is C12H24N2O2S. The normalized spacial score (nSPS) is 18.9. The topological polar surface area (TPSA) is 50.4 Å². The zero-order chi connectivity index (χ0) is 12.5. The van der Waals surface area contributed by atoms with Crippen LogP contribution in [0.25, 0.3) is 0 Å². The molecule has 4 nitrogen and oxygen atoms in total. The summed E-state index contributed by atoms with van der Waals surface area (Å²) in [5.74, 6) is 0.698. The van der Waals surface area contributed by atoms with Crippen molar-refractivity contribution in [3.63, 3.8) is 0 Å². The predicted molar refractivity (Wildman–Crippen MR) is 72.4 cm³/mol. The average molecular weight is 260 g/mol. The predicted octanol–water partition coefficient (Wildman–Crippen LogP) is 1.01. The quantitative estimate of drug-likeness (QED) is 0.717. The first-order valence-corrected chi connectivity index (χ1v) is 7.48. The molecule has 1 amide bonds. The van der Waals surface area contributed by atoms with Gasteiger partial charge < -0.3 is 15.4 Å². The number of nitrogens with one attached hydrogen (secondary N) is 2. The molecule has 0 aromatic heterocycles. The van der Waals surface area contributed by atoms with Crippen LogP contribution in [0, 0.1) is 0 Å². The molecule has 5 heteroatoms. The van der Waals surface area contributed by atoms with E-state index in [0.717, 1.165) is 13.1 Å². The SMILES string of the molecule is CCOC(C)CNC(=O)CSC1CCNCC1. The molecule has 1 fully saturated rings. The number of carbonyl (C=O) groups excluding carboxylic acids is 1. The average Bonchev–Trinajstić information content (AvgIpc) is 2.35. The van der Waals surface area contributed by atoms with Crippen LogP contribution in [0.4, 0.5) is 0 Å². The minimum atomic E-state index is 0.104. The van der Waals surface area contributed by atoms with E-state index in [9.17, 15) is 4.79 Å². The van der Waals surface area contributed by atoms with Crippen molar-refractivity contribution in [1.82, 2.24) is 10.6 Å². The number of thioether (sulfide) groups is 1. The van der Waals surface area contributed by atoms with Gasteiger partial charge in [0.05, 0.1) is 11.9 Å². The highest BCUT2D eigenvalue weighted by molar-refractivity contribution is 8.00. The fourth-order valence-electron chi connectivity index (χ4n) is 1.81. The fraction of sp³-hybridized carbons (Fsp3) is 0.917. The lowest BCUT2D eigenvalue weighted by atomic mass is 10.2. The number of hydrogen-bond donors (Lipinski definition) is 2. The third-order valence-electron chi connectivity index (χ3n) is 2.77. The van der Waals surface area contributed by atoms with Gasteiger partial charge in [-0.2, -0.15) is 0 Å². The summed E-state index contributed by atoms with van der Waals surface area (Å²) in [5.41, 5.74) is 0. The van der Waals surface area contributed by atoms with Crippen molar-refractivity contribution in [2.45, 2.75) is 38.0 Å².